The third-order valence-electron chi connectivity index (χ3n) is 2.51. The van der Waals surface area contributed by atoms with Crippen LogP contribution >= 0.6 is 11.3 Å². The lowest BCUT2D eigenvalue weighted by atomic mass is 10.2. The number of thiophene rings is 1. The molecule has 96 valence electrons. The van der Waals surface area contributed by atoms with Gasteiger partial charge in [0.05, 0.1) is 11.0 Å². The van der Waals surface area contributed by atoms with Crippen molar-refractivity contribution in [3.8, 4) is 6.07 Å². The molecule has 0 aliphatic rings. The van der Waals surface area contributed by atoms with Gasteiger partial charge in [0, 0.05) is 10.9 Å². The Balaban J connectivity index is 2.23. The number of nitro groups is 1. The first-order chi connectivity index (χ1) is 9.11. The van der Waals surface area contributed by atoms with Gasteiger partial charge in [-0.25, -0.2) is 4.98 Å². The number of hydrogen-bond acceptors (Lipinski definition) is 6. The molecule has 0 saturated carbocycles. The maximum atomic E-state index is 10.7. The summed E-state index contributed by atoms with van der Waals surface area (Å²) in [5, 5.41) is 24.6. The van der Waals surface area contributed by atoms with Gasteiger partial charge >= 0.3 is 5.69 Å². The molecule has 0 spiro atoms. The summed E-state index contributed by atoms with van der Waals surface area (Å²) < 4.78 is 0. The van der Waals surface area contributed by atoms with Gasteiger partial charge in [0.25, 0.3) is 0 Å². The molecule has 0 aliphatic heterocycles. The van der Waals surface area contributed by atoms with Gasteiger partial charge in [-0.2, -0.15) is 5.26 Å². The van der Waals surface area contributed by atoms with E-state index in [9.17, 15) is 10.1 Å². The normalized spacial score (nSPS) is 11.6. The molecule has 0 amide bonds. The lowest BCUT2D eigenvalue weighted by Gasteiger charge is -2.12. The van der Waals surface area contributed by atoms with Crippen molar-refractivity contribution >= 4 is 22.8 Å². The first-order valence-corrected chi connectivity index (χ1v) is 6.35. The van der Waals surface area contributed by atoms with Crippen LogP contribution in [0.3, 0.4) is 0 Å². The summed E-state index contributed by atoms with van der Waals surface area (Å²) in [6.07, 6.45) is 0. The van der Waals surface area contributed by atoms with E-state index in [-0.39, 0.29) is 17.4 Å². The second-order valence-electron chi connectivity index (χ2n) is 3.81. The second kappa shape index (κ2) is 5.46. The van der Waals surface area contributed by atoms with E-state index in [1.54, 1.807) is 17.4 Å². The minimum atomic E-state index is -0.613. The molecule has 1 unspecified atom stereocenters. The number of nitrogens with zero attached hydrogens (tertiary/aromatic N) is 3. The number of hydrogen-bond donors (Lipinski definition) is 1. The lowest BCUT2D eigenvalue weighted by molar-refractivity contribution is -0.385. The highest BCUT2D eigenvalue weighted by molar-refractivity contribution is 7.10. The smallest absolute Gasteiger partial charge is 0.305 e. The van der Waals surface area contributed by atoms with Crippen LogP contribution in [-0.4, -0.2) is 9.91 Å². The highest BCUT2D eigenvalue weighted by Gasteiger charge is 2.16. The van der Waals surface area contributed by atoms with Crippen molar-refractivity contribution in [2.24, 2.45) is 0 Å². The standard InChI is InChI=1S/C12H10N4O2S/c1-8(11-3-2-6-19-11)14-12-5-4-10(16(17)18)9(7-13)15-12/h2-6,8H,1H3,(H,14,15). The molecule has 0 fully saturated rings. The van der Waals surface area contributed by atoms with E-state index in [0.717, 1.165) is 4.88 Å². The highest BCUT2D eigenvalue weighted by atomic mass is 32.1. The monoisotopic (exact) mass is 274 g/mol. The van der Waals surface area contributed by atoms with E-state index in [1.165, 1.54) is 12.1 Å². The summed E-state index contributed by atoms with van der Waals surface area (Å²) in [6, 6.07) is 8.48. The zero-order valence-electron chi connectivity index (χ0n) is 10.0. The van der Waals surface area contributed by atoms with Crippen LogP contribution in [0.1, 0.15) is 23.5 Å². The van der Waals surface area contributed by atoms with Crippen molar-refractivity contribution in [1.29, 1.82) is 5.26 Å². The zero-order valence-corrected chi connectivity index (χ0v) is 10.8. The van der Waals surface area contributed by atoms with Crippen LogP contribution in [-0.2, 0) is 0 Å². The van der Waals surface area contributed by atoms with Crippen LogP contribution in [0.4, 0.5) is 11.5 Å². The number of nitriles is 1. The second-order valence-corrected chi connectivity index (χ2v) is 4.79. The number of rotatable bonds is 4. The summed E-state index contributed by atoms with van der Waals surface area (Å²) >= 11 is 1.60. The van der Waals surface area contributed by atoms with Crippen LogP contribution in [0.5, 0.6) is 0 Å². The van der Waals surface area contributed by atoms with Crippen LogP contribution in [0.25, 0.3) is 0 Å². The molecule has 2 aromatic heterocycles. The predicted molar refractivity (Wildman–Crippen MR) is 72.0 cm³/mol. The molecule has 0 radical (unpaired) electrons. The SMILES string of the molecule is CC(Nc1ccc([N+](=O)[O-])c(C#N)n1)c1cccs1. The molecule has 1 N–H and O–H groups in total. The third kappa shape index (κ3) is 2.86. The molecule has 1 atom stereocenters. The van der Waals surface area contributed by atoms with Crippen molar-refractivity contribution in [3.05, 3.63) is 50.3 Å². The molecular weight excluding hydrogens is 264 g/mol. The molecule has 0 aliphatic carbocycles. The van der Waals surface area contributed by atoms with E-state index < -0.39 is 4.92 Å². The first kappa shape index (κ1) is 13.0. The van der Waals surface area contributed by atoms with Gasteiger partial charge in [-0.1, -0.05) is 6.07 Å². The topological polar surface area (TPSA) is 91.9 Å². The summed E-state index contributed by atoms with van der Waals surface area (Å²) in [6.45, 7) is 1.96. The molecule has 2 rings (SSSR count). The van der Waals surface area contributed by atoms with E-state index in [2.05, 4.69) is 10.3 Å². The van der Waals surface area contributed by atoms with Crippen molar-refractivity contribution in [2.75, 3.05) is 5.32 Å². The fourth-order valence-electron chi connectivity index (χ4n) is 1.59. The Bertz CT molecular complexity index is 634. The predicted octanol–water partition coefficient (Wildman–Crippen LogP) is 3.10. The summed E-state index contributed by atoms with van der Waals surface area (Å²) in [4.78, 5) is 15.2. The number of aromatic nitrogens is 1. The van der Waals surface area contributed by atoms with Crippen LogP contribution in [0, 0.1) is 21.4 Å². The van der Waals surface area contributed by atoms with Crippen molar-refractivity contribution in [2.45, 2.75) is 13.0 Å². The Kier molecular flexibility index (Phi) is 3.73. The maximum absolute atomic E-state index is 10.7. The maximum Gasteiger partial charge on any atom is 0.305 e. The Morgan fingerprint density at radius 2 is 2.32 bits per heavy atom. The molecule has 0 saturated heterocycles. The molecule has 2 heterocycles. The van der Waals surface area contributed by atoms with Gasteiger partial charge in [0.15, 0.2) is 0 Å². The minimum Gasteiger partial charge on any atom is -0.363 e. The van der Waals surface area contributed by atoms with Gasteiger partial charge < -0.3 is 5.32 Å². The summed E-state index contributed by atoms with van der Waals surface area (Å²) in [7, 11) is 0. The Morgan fingerprint density at radius 1 is 1.53 bits per heavy atom. The fraction of sp³-hybridized carbons (Fsp3) is 0.167. The van der Waals surface area contributed by atoms with E-state index in [1.807, 2.05) is 24.4 Å². The molecule has 7 heteroatoms. The number of anilines is 1. The van der Waals surface area contributed by atoms with Crippen molar-refractivity contribution < 1.29 is 4.92 Å². The molecular formula is C12H10N4O2S. The molecule has 2 aromatic rings. The first-order valence-electron chi connectivity index (χ1n) is 5.47. The average molecular weight is 274 g/mol. The molecule has 0 bridgehead atoms. The third-order valence-corrected chi connectivity index (χ3v) is 3.57. The van der Waals surface area contributed by atoms with Crippen molar-refractivity contribution in [1.82, 2.24) is 4.98 Å². The zero-order chi connectivity index (χ0) is 13.8. The minimum absolute atomic E-state index is 0.0282. The van der Waals surface area contributed by atoms with Gasteiger partial charge in [0.1, 0.15) is 11.9 Å². The van der Waals surface area contributed by atoms with Gasteiger partial charge in [-0.05, 0) is 24.4 Å². The van der Waals surface area contributed by atoms with Gasteiger partial charge in [0.2, 0.25) is 5.69 Å². The Morgan fingerprint density at radius 3 is 2.89 bits per heavy atom. The number of nitrogens with one attached hydrogen (secondary N) is 1. The quantitative estimate of drug-likeness (QED) is 0.683. The fourth-order valence-corrected chi connectivity index (χ4v) is 2.33. The van der Waals surface area contributed by atoms with Crippen LogP contribution in [0.2, 0.25) is 0 Å². The van der Waals surface area contributed by atoms with Gasteiger partial charge in [-0.3, -0.25) is 10.1 Å². The van der Waals surface area contributed by atoms with E-state index in [4.69, 9.17) is 5.26 Å². The molecule has 0 aromatic carbocycles. The van der Waals surface area contributed by atoms with E-state index in [0.29, 0.717) is 5.82 Å². The highest BCUT2D eigenvalue weighted by Crippen LogP contribution is 2.24. The Hall–Kier alpha value is -2.46. The van der Waals surface area contributed by atoms with Crippen molar-refractivity contribution in [3.63, 3.8) is 0 Å². The van der Waals surface area contributed by atoms with Gasteiger partial charge in [-0.15, -0.1) is 11.3 Å². The van der Waals surface area contributed by atoms with Crippen LogP contribution in [0.15, 0.2) is 29.6 Å². The van der Waals surface area contributed by atoms with Crippen LogP contribution < -0.4 is 5.32 Å². The number of pyridine rings is 1. The molecule has 6 nitrogen and oxygen atoms in total. The average Bonchev–Trinajstić information content (AvgIpc) is 2.92. The van der Waals surface area contributed by atoms with E-state index >= 15 is 0 Å². The summed E-state index contributed by atoms with van der Waals surface area (Å²) in [5.41, 5.74) is -0.467. The Labute approximate surface area is 113 Å². The summed E-state index contributed by atoms with van der Waals surface area (Å²) in [5.74, 6) is 0.447. The lowest BCUT2D eigenvalue weighted by Crippen LogP contribution is -2.07. The molecule has 19 heavy (non-hydrogen) atoms. The largest absolute Gasteiger partial charge is 0.363 e.